The van der Waals surface area contributed by atoms with E-state index in [2.05, 4.69) is 23.9 Å². The molecule has 0 aliphatic carbocycles. The van der Waals surface area contributed by atoms with Crippen LogP contribution in [0, 0.1) is 6.92 Å². The number of ether oxygens (including phenoxy) is 1. The number of rotatable bonds is 9. The fourth-order valence-corrected chi connectivity index (χ4v) is 4.20. The molecule has 0 saturated carbocycles. The van der Waals surface area contributed by atoms with Crippen LogP contribution in [0.2, 0.25) is 0 Å². The number of nitrogens with one attached hydrogen (secondary N) is 2. The zero-order chi connectivity index (χ0) is 23.1. The summed E-state index contributed by atoms with van der Waals surface area (Å²) in [7, 11) is -3.66. The Morgan fingerprint density at radius 3 is 2.28 bits per heavy atom. The third-order valence-electron chi connectivity index (χ3n) is 4.99. The first-order valence-electron chi connectivity index (χ1n) is 10.4. The van der Waals surface area contributed by atoms with Crippen LogP contribution in [0.5, 0.6) is 5.75 Å². The van der Waals surface area contributed by atoms with Crippen LogP contribution in [0.3, 0.4) is 0 Å². The molecule has 0 heterocycles. The topological polar surface area (TPSA) is 84.5 Å². The first kappa shape index (κ1) is 23.5. The maximum absolute atomic E-state index is 12.6. The largest absolute Gasteiger partial charge is 0.483 e. The van der Waals surface area contributed by atoms with Crippen LogP contribution in [0.15, 0.2) is 77.7 Å². The molecule has 7 heteroatoms. The SMILES string of the molecule is Cc1cc(S(=O)(=O)NCc2ccccc2)ccc1OCC(=O)Nc1ccc(C(C)C)cc1. The van der Waals surface area contributed by atoms with E-state index in [0.717, 1.165) is 5.56 Å². The van der Waals surface area contributed by atoms with Crippen molar-refractivity contribution in [1.82, 2.24) is 4.72 Å². The number of aryl methyl sites for hydroxylation is 1. The first-order valence-corrected chi connectivity index (χ1v) is 11.9. The molecule has 0 radical (unpaired) electrons. The Labute approximate surface area is 189 Å². The highest BCUT2D eigenvalue weighted by Gasteiger charge is 2.16. The molecule has 2 N–H and O–H groups in total. The van der Waals surface area contributed by atoms with Crippen molar-refractivity contribution in [3.05, 3.63) is 89.5 Å². The molecule has 0 aromatic heterocycles. The summed E-state index contributed by atoms with van der Waals surface area (Å²) in [6.07, 6.45) is 0. The Bertz CT molecular complexity index is 1160. The van der Waals surface area contributed by atoms with Crippen LogP contribution in [0.1, 0.15) is 36.5 Å². The highest BCUT2D eigenvalue weighted by molar-refractivity contribution is 7.89. The standard InChI is InChI=1S/C25H28N2O4S/c1-18(2)21-9-11-22(12-10-21)27-25(28)17-31-24-14-13-23(15-19(24)3)32(29,30)26-16-20-7-5-4-6-8-20/h4-15,18,26H,16-17H2,1-3H3,(H,27,28). The summed E-state index contributed by atoms with van der Waals surface area (Å²) in [5.41, 5.74) is 3.40. The highest BCUT2D eigenvalue weighted by Crippen LogP contribution is 2.22. The van der Waals surface area contributed by atoms with Crippen molar-refractivity contribution in [2.75, 3.05) is 11.9 Å². The van der Waals surface area contributed by atoms with Crippen molar-refractivity contribution in [2.24, 2.45) is 0 Å². The van der Waals surface area contributed by atoms with Gasteiger partial charge in [-0.2, -0.15) is 0 Å². The second-order valence-electron chi connectivity index (χ2n) is 7.85. The second-order valence-corrected chi connectivity index (χ2v) is 9.62. The second kappa shape index (κ2) is 10.4. The number of benzene rings is 3. The monoisotopic (exact) mass is 452 g/mol. The van der Waals surface area contributed by atoms with Gasteiger partial charge in [0.1, 0.15) is 5.75 Å². The zero-order valence-electron chi connectivity index (χ0n) is 18.5. The minimum absolute atomic E-state index is 0.146. The number of anilines is 1. The third kappa shape index (κ3) is 6.42. The Morgan fingerprint density at radius 2 is 1.66 bits per heavy atom. The predicted octanol–water partition coefficient (Wildman–Crippen LogP) is 4.61. The van der Waals surface area contributed by atoms with Crippen LogP contribution < -0.4 is 14.8 Å². The fourth-order valence-electron chi connectivity index (χ4n) is 3.10. The summed E-state index contributed by atoms with van der Waals surface area (Å²) >= 11 is 0. The predicted molar refractivity (Wildman–Crippen MR) is 126 cm³/mol. The van der Waals surface area contributed by atoms with E-state index in [1.807, 2.05) is 54.6 Å². The summed E-state index contributed by atoms with van der Waals surface area (Å²) in [6.45, 7) is 6.00. The third-order valence-corrected chi connectivity index (χ3v) is 6.38. The van der Waals surface area contributed by atoms with Gasteiger partial charge in [-0.3, -0.25) is 4.79 Å². The van der Waals surface area contributed by atoms with Crippen LogP contribution in [-0.2, 0) is 21.4 Å². The molecule has 1 amide bonds. The molecule has 0 fully saturated rings. The van der Waals surface area contributed by atoms with Gasteiger partial charge in [0.05, 0.1) is 4.90 Å². The van der Waals surface area contributed by atoms with E-state index in [1.165, 1.54) is 17.7 Å². The van der Waals surface area contributed by atoms with Crippen LogP contribution in [0.25, 0.3) is 0 Å². The maximum atomic E-state index is 12.6. The fraction of sp³-hybridized carbons (Fsp3) is 0.240. The molecule has 3 rings (SSSR count). The molecule has 0 spiro atoms. The number of sulfonamides is 1. The van der Waals surface area contributed by atoms with Crippen molar-refractivity contribution < 1.29 is 17.9 Å². The van der Waals surface area contributed by atoms with Crippen molar-refractivity contribution >= 4 is 21.6 Å². The van der Waals surface area contributed by atoms with Gasteiger partial charge < -0.3 is 10.1 Å². The molecule has 3 aromatic rings. The molecule has 0 unspecified atom stereocenters. The molecular weight excluding hydrogens is 424 g/mol. The lowest BCUT2D eigenvalue weighted by molar-refractivity contribution is -0.118. The summed E-state index contributed by atoms with van der Waals surface area (Å²) < 4.78 is 33.4. The lowest BCUT2D eigenvalue weighted by Gasteiger charge is -2.12. The summed E-state index contributed by atoms with van der Waals surface area (Å²) in [6, 6.07) is 21.6. The quantitative estimate of drug-likeness (QED) is 0.496. The molecule has 0 bridgehead atoms. The molecule has 0 aliphatic heterocycles. The Morgan fingerprint density at radius 1 is 0.969 bits per heavy atom. The van der Waals surface area contributed by atoms with E-state index in [0.29, 0.717) is 22.9 Å². The van der Waals surface area contributed by atoms with Gasteiger partial charge >= 0.3 is 0 Å². The van der Waals surface area contributed by atoms with Gasteiger partial charge in [-0.15, -0.1) is 0 Å². The first-order chi connectivity index (χ1) is 15.2. The van der Waals surface area contributed by atoms with Gasteiger partial charge in [0.15, 0.2) is 6.61 Å². The molecule has 6 nitrogen and oxygen atoms in total. The Balaban J connectivity index is 1.57. The average Bonchev–Trinajstić information content (AvgIpc) is 2.78. The van der Waals surface area contributed by atoms with Crippen molar-refractivity contribution in [2.45, 2.75) is 38.1 Å². The minimum atomic E-state index is -3.66. The number of amides is 1. The van der Waals surface area contributed by atoms with Crippen molar-refractivity contribution in [3.8, 4) is 5.75 Å². The van der Waals surface area contributed by atoms with Crippen LogP contribution in [-0.4, -0.2) is 20.9 Å². The Kier molecular flexibility index (Phi) is 7.66. The van der Waals surface area contributed by atoms with E-state index < -0.39 is 10.0 Å². The van der Waals surface area contributed by atoms with Gasteiger partial charge in [-0.1, -0.05) is 56.3 Å². The summed E-state index contributed by atoms with van der Waals surface area (Å²) in [4.78, 5) is 12.4. The van der Waals surface area contributed by atoms with E-state index in [1.54, 1.807) is 13.0 Å². The van der Waals surface area contributed by atoms with Gasteiger partial charge in [-0.25, -0.2) is 13.1 Å². The molecule has 168 valence electrons. The minimum Gasteiger partial charge on any atom is -0.483 e. The summed E-state index contributed by atoms with van der Waals surface area (Å²) in [5, 5.41) is 2.80. The normalized spacial score (nSPS) is 11.4. The number of hydrogen-bond donors (Lipinski definition) is 2. The molecule has 0 atom stereocenters. The van der Waals surface area contributed by atoms with Gasteiger partial charge in [-0.05, 0) is 59.9 Å². The van der Waals surface area contributed by atoms with E-state index in [4.69, 9.17) is 4.74 Å². The van der Waals surface area contributed by atoms with E-state index in [-0.39, 0.29) is 24.0 Å². The van der Waals surface area contributed by atoms with Crippen molar-refractivity contribution in [3.63, 3.8) is 0 Å². The average molecular weight is 453 g/mol. The van der Waals surface area contributed by atoms with Crippen LogP contribution in [0.4, 0.5) is 5.69 Å². The lowest BCUT2D eigenvalue weighted by Crippen LogP contribution is -2.23. The molecule has 0 saturated heterocycles. The zero-order valence-corrected chi connectivity index (χ0v) is 19.3. The Hall–Kier alpha value is -3.16. The number of hydrogen-bond acceptors (Lipinski definition) is 4. The van der Waals surface area contributed by atoms with Gasteiger partial charge in [0, 0.05) is 12.2 Å². The molecule has 3 aromatic carbocycles. The van der Waals surface area contributed by atoms with Gasteiger partial charge in [0.25, 0.3) is 5.91 Å². The number of carbonyl (C=O) groups is 1. The smallest absolute Gasteiger partial charge is 0.262 e. The number of carbonyl (C=O) groups excluding carboxylic acids is 1. The molecule has 32 heavy (non-hydrogen) atoms. The van der Waals surface area contributed by atoms with Gasteiger partial charge in [0.2, 0.25) is 10.0 Å². The summed E-state index contributed by atoms with van der Waals surface area (Å²) in [5.74, 6) is 0.589. The maximum Gasteiger partial charge on any atom is 0.262 e. The van der Waals surface area contributed by atoms with E-state index in [9.17, 15) is 13.2 Å². The van der Waals surface area contributed by atoms with E-state index >= 15 is 0 Å². The molecule has 0 aliphatic rings. The highest BCUT2D eigenvalue weighted by atomic mass is 32.2. The van der Waals surface area contributed by atoms with Crippen LogP contribution >= 0.6 is 0 Å². The lowest BCUT2D eigenvalue weighted by atomic mass is 10.0. The van der Waals surface area contributed by atoms with Crippen molar-refractivity contribution in [1.29, 1.82) is 0 Å². The molecular formula is C25H28N2O4S.